The van der Waals surface area contributed by atoms with Crippen LogP contribution in [0.1, 0.15) is 17.5 Å². The summed E-state index contributed by atoms with van der Waals surface area (Å²) in [5.41, 5.74) is 1.59. The molecule has 0 saturated carbocycles. The molecule has 0 nitrogen and oxygen atoms in total. The lowest BCUT2D eigenvalue weighted by molar-refractivity contribution is 0.148. The standard InChI is InChI=1S/C10H10ClF2/c1-7-3-2-4-8(10(7)11)5-6-9(12)13/h2-5,9H,6H2,1H3. The Labute approximate surface area is 81.5 Å². The third-order valence-corrected chi connectivity index (χ3v) is 2.25. The molecule has 1 aromatic rings. The quantitative estimate of drug-likeness (QED) is 0.700. The van der Waals surface area contributed by atoms with Gasteiger partial charge in [-0.3, -0.25) is 0 Å². The van der Waals surface area contributed by atoms with Crippen molar-refractivity contribution in [2.24, 2.45) is 0 Å². The summed E-state index contributed by atoms with van der Waals surface area (Å²) in [7, 11) is 0. The minimum absolute atomic E-state index is 0.247. The molecule has 1 rings (SSSR count). The predicted molar refractivity (Wildman–Crippen MR) is 50.2 cm³/mol. The second-order valence-electron chi connectivity index (χ2n) is 2.81. The summed E-state index contributed by atoms with van der Waals surface area (Å²) < 4.78 is 23.8. The molecular formula is C10H10ClF2. The van der Waals surface area contributed by atoms with Crippen LogP contribution in [0.5, 0.6) is 0 Å². The number of hydrogen-bond donors (Lipinski definition) is 0. The fraction of sp³-hybridized carbons (Fsp3) is 0.300. The summed E-state index contributed by atoms with van der Waals surface area (Å²) in [6.45, 7) is 1.85. The average Bonchev–Trinajstić information content (AvgIpc) is 2.07. The van der Waals surface area contributed by atoms with Gasteiger partial charge < -0.3 is 0 Å². The van der Waals surface area contributed by atoms with Gasteiger partial charge in [0, 0.05) is 11.4 Å². The summed E-state index contributed by atoms with van der Waals surface area (Å²) in [4.78, 5) is 0. The maximum atomic E-state index is 11.9. The Bertz CT molecular complexity index is 284. The van der Waals surface area contributed by atoms with Gasteiger partial charge in [0.1, 0.15) is 0 Å². The molecule has 0 atom stereocenters. The van der Waals surface area contributed by atoms with Gasteiger partial charge in [-0.15, -0.1) is 0 Å². The first-order chi connectivity index (χ1) is 6.11. The maximum Gasteiger partial charge on any atom is 0.239 e. The Morgan fingerprint density at radius 3 is 2.77 bits per heavy atom. The zero-order chi connectivity index (χ0) is 9.84. The maximum absolute atomic E-state index is 11.9. The number of halogens is 3. The van der Waals surface area contributed by atoms with Gasteiger partial charge >= 0.3 is 0 Å². The summed E-state index contributed by atoms with van der Waals surface area (Å²) in [5.74, 6) is 0. The van der Waals surface area contributed by atoms with E-state index in [0.29, 0.717) is 10.6 Å². The number of rotatable bonds is 3. The number of alkyl halides is 2. The zero-order valence-electron chi connectivity index (χ0n) is 7.23. The molecule has 0 aliphatic rings. The molecule has 1 aromatic carbocycles. The molecule has 0 unspecified atom stereocenters. The molecule has 0 spiro atoms. The van der Waals surface area contributed by atoms with E-state index in [9.17, 15) is 8.78 Å². The number of hydrogen-bond acceptors (Lipinski definition) is 0. The second-order valence-corrected chi connectivity index (χ2v) is 3.19. The molecule has 0 heterocycles. The van der Waals surface area contributed by atoms with E-state index < -0.39 is 6.43 Å². The molecule has 0 aromatic heterocycles. The molecule has 13 heavy (non-hydrogen) atoms. The Balaban J connectivity index is 2.71. The number of benzene rings is 1. The lowest BCUT2D eigenvalue weighted by Gasteiger charge is -2.05. The van der Waals surface area contributed by atoms with Crippen LogP contribution in [-0.4, -0.2) is 6.43 Å². The van der Waals surface area contributed by atoms with Crippen molar-refractivity contribution >= 4 is 11.6 Å². The molecule has 0 fully saturated rings. The molecule has 0 amide bonds. The average molecular weight is 204 g/mol. The third-order valence-electron chi connectivity index (χ3n) is 1.74. The third kappa shape index (κ3) is 2.96. The van der Waals surface area contributed by atoms with E-state index in [1.165, 1.54) is 6.42 Å². The van der Waals surface area contributed by atoms with Crippen molar-refractivity contribution in [2.75, 3.05) is 0 Å². The molecule has 1 radical (unpaired) electrons. The van der Waals surface area contributed by atoms with E-state index in [-0.39, 0.29) is 6.42 Å². The first-order valence-corrected chi connectivity index (χ1v) is 4.35. The Morgan fingerprint density at radius 2 is 2.15 bits per heavy atom. The van der Waals surface area contributed by atoms with Crippen molar-refractivity contribution in [3.05, 3.63) is 40.8 Å². The lowest BCUT2D eigenvalue weighted by Crippen LogP contribution is -1.93. The first kappa shape index (κ1) is 10.5. The van der Waals surface area contributed by atoms with Crippen LogP contribution in [0, 0.1) is 13.3 Å². The highest BCUT2D eigenvalue weighted by Crippen LogP contribution is 2.23. The monoisotopic (exact) mass is 203 g/mol. The SMILES string of the molecule is Cc1cccc([CH]CC(F)F)c1Cl. The number of aryl methyl sites for hydroxylation is 1. The van der Waals surface area contributed by atoms with Crippen molar-refractivity contribution in [3.63, 3.8) is 0 Å². The Kier molecular flexibility index (Phi) is 3.67. The smallest absolute Gasteiger partial charge is 0.211 e. The zero-order valence-corrected chi connectivity index (χ0v) is 7.98. The van der Waals surface area contributed by atoms with Crippen LogP contribution in [0.4, 0.5) is 8.78 Å². The molecule has 3 heteroatoms. The fourth-order valence-electron chi connectivity index (χ4n) is 1.04. The molecule has 0 bridgehead atoms. The van der Waals surface area contributed by atoms with Gasteiger partial charge in [-0.2, -0.15) is 0 Å². The topological polar surface area (TPSA) is 0 Å². The molecule has 0 aliphatic heterocycles. The molecule has 0 saturated heterocycles. The molecular weight excluding hydrogens is 194 g/mol. The van der Waals surface area contributed by atoms with Crippen LogP contribution in [-0.2, 0) is 0 Å². The van der Waals surface area contributed by atoms with Crippen LogP contribution < -0.4 is 0 Å². The van der Waals surface area contributed by atoms with Crippen LogP contribution >= 0.6 is 11.6 Å². The fourth-order valence-corrected chi connectivity index (χ4v) is 1.25. The first-order valence-electron chi connectivity index (χ1n) is 3.97. The minimum Gasteiger partial charge on any atom is -0.211 e. The van der Waals surface area contributed by atoms with Gasteiger partial charge in [0.2, 0.25) is 6.43 Å². The van der Waals surface area contributed by atoms with Gasteiger partial charge in [0.05, 0.1) is 0 Å². The van der Waals surface area contributed by atoms with E-state index in [2.05, 4.69) is 0 Å². The van der Waals surface area contributed by atoms with Crippen LogP contribution in [0.15, 0.2) is 18.2 Å². The van der Waals surface area contributed by atoms with Crippen molar-refractivity contribution in [1.82, 2.24) is 0 Å². The summed E-state index contributed by atoms with van der Waals surface area (Å²) in [6.07, 6.45) is -1.10. The Hall–Kier alpha value is -0.630. The lowest BCUT2D eigenvalue weighted by atomic mass is 10.1. The van der Waals surface area contributed by atoms with E-state index in [1.54, 1.807) is 12.1 Å². The van der Waals surface area contributed by atoms with E-state index in [4.69, 9.17) is 11.6 Å². The minimum atomic E-state index is -2.31. The van der Waals surface area contributed by atoms with Crippen molar-refractivity contribution in [2.45, 2.75) is 19.8 Å². The van der Waals surface area contributed by atoms with Gasteiger partial charge in [0.15, 0.2) is 0 Å². The summed E-state index contributed by atoms with van der Waals surface area (Å²) in [6, 6.07) is 5.39. The van der Waals surface area contributed by atoms with E-state index in [0.717, 1.165) is 5.56 Å². The molecule has 0 aliphatic carbocycles. The summed E-state index contributed by atoms with van der Waals surface area (Å²) >= 11 is 5.90. The highest BCUT2D eigenvalue weighted by atomic mass is 35.5. The van der Waals surface area contributed by atoms with Crippen LogP contribution in [0.3, 0.4) is 0 Å². The van der Waals surface area contributed by atoms with Crippen molar-refractivity contribution < 1.29 is 8.78 Å². The van der Waals surface area contributed by atoms with Crippen LogP contribution in [0.2, 0.25) is 5.02 Å². The summed E-state index contributed by atoms with van der Waals surface area (Å²) in [5, 5.41) is 0.558. The van der Waals surface area contributed by atoms with E-state index in [1.807, 2.05) is 13.0 Å². The van der Waals surface area contributed by atoms with Gasteiger partial charge in [-0.25, -0.2) is 8.78 Å². The Morgan fingerprint density at radius 1 is 1.46 bits per heavy atom. The molecule has 0 N–H and O–H groups in total. The highest BCUT2D eigenvalue weighted by molar-refractivity contribution is 6.32. The van der Waals surface area contributed by atoms with E-state index >= 15 is 0 Å². The van der Waals surface area contributed by atoms with Crippen molar-refractivity contribution in [1.29, 1.82) is 0 Å². The van der Waals surface area contributed by atoms with Crippen LogP contribution in [0.25, 0.3) is 0 Å². The van der Waals surface area contributed by atoms with Gasteiger partial charge in [-0.1, -0.05) is 29.8 Å². The highest BCUT2D eigenvalue weighted by Gasteiger charge is 2.07. The normalized spacial score (nSPS) is 10.8. The van der Waals surface area contributed by atoms with Gasteiger partial charge in [0.25, 0.3) is 0 Å². The van der Waals surface area contributed by atoms with Gasteiger partial charge in [-0.05, 0) is 24.5 Å². The second kappa shape index (κ2) is 4.56. The van der Waals surface area contributed by atoms with Crippen molar-refractivity contribution in [3.8, 4) is 0 Å². The predicted octanol–water partition coefficient (Wildman–Crippen LogP) is 3.86. The largest absolute Gasteiger partial charge is 0.239 e. The molecule has 71 valence electrons.